The van der Waals surface area contributed by atoms with Crippen molar-refractivity contribution >= 4 is 11.7 Å². The van der Waals surface area contributed by atoms with Gasteiger partial charge in [-0.1, -0.05) is 6.92 Å². The number of carbonyl (C=O) groups excluding carboxylic acids is 1. The predicted molar refractivity (Wildman–Crippen MR) is 87.2 cm³/mol. The smallest absolute Gasteiger partial charge is 0.375 e. The van der Waals surface area contributed by atoms with E-state index in [9.17, 15) is 20.0 Å². The van der Waals surface area contributed by atoms with Crippen molar-refractivity contribution in [1.29, 1.82) is 0 Å². The summed E-state index contributed by atoms with van der Waals surface area (Å²) in [6, 6.07) is 4.92. The Balaban J connectivity index is 1.83. The minimum atomic E-state index is -2.36. The molecule has 0 aromatic heterocycles. The molecule has 0 spiro atoms. The maximum Gasteiger partial charge on any atom is 0.375 e. The number of aliphatic hydroxyl groups is 1. The maximum atomic E-state index is 12.6. The minimum absolute atomic E-state index is 0.0404. The number of fused-ring (bicyclic) bond motifs is 1. The molecular formula is C17H21NO8. The van der Waals surface area contributed by atoms with Gasteiger partial charge >= 0.3 is 5.97 Å². The van der Waals surface area contributed by atoms with Crippen LogP contribution in [0.3, 0.4) is 0 Å². The number of hydrogen-bond acceptors (Lipinski definition) is 8. The number of nitro benzene ring substituents is 1. The molecule has 2 heterocycles. The number of nitro groups is 1. The van der Waals surface area contributed by atoms with Crippen LogP contribution >= 0.6 is 0 Å². The zero-order valence-electron chi connectivity index (χ0n) is 14.9. The summed E-state index contributed by atoms with van der Waals surface area (Å²) in [6.45, 7) is 6.98. The molecule has 1 N–H and O–H groups in total. The third kappa shape index (κ3) is 3.18. The number of ether oxygens (including phenoxy) is 4. The van der Waals surface area contributed by atoms with Gasteiger partial charge in [-0.3, -0.25) is 10.1 Å². The van der Waals surface area contributed by atoms with Crippen LogP contribution in [0.15, 0.2) is 24.3 Å². The van der Waals surface area contributed by atoms with Crippen LogP contribution in [0, 0.1) is 16.0 Å². The highest BCUT2D eigenvalue weighted by Gasteiger charge is 2.64. The average Bonchev–Trinajstić information content (AvgIpc) is 2.90. The van der Waals surface area contributed by atoms with E-state index in [4.69, 9.17) is 18.9 Å². The first kappa shape index (κ1) is 18.7. The largest absolute Gasteiger partial charge is 0.422 e. The van der Waals surface area contributed by atoms with Crippen molar-refractivity contribution in [2.75, 3.05) is 0 Å². The van der Waals surface area contributed by atoms with Gasteiger partial charge in [-0.2, -0.15) is 0 Å². The topological polar surface area (TPSA) is 117 Å². The van der Waals surface area contributed by atoms with Crippen LogP contribution in [-0.2, 0) is 19.0 Å². The fourth-order valence-corrected chi connectivity index (χ4v) is 3.18. The summed E-state index contributed by atoms with van der Waals surface area (Å²) in [7, 11) is 0. The molecule has 2 aliphatic rings. The lowest BCUT2D eigenvalue weighted by atomic mass is 9.87. The zero-order chi connectivity index (χ0) is 19.3. The first-order valence-corrected chi connectivity index (χ1v) is 8.26. The Morgan fingerprint density at radius 2 is 1.81 bits per heavy atom. The van der Waals surface area contributed by atoms with E-state index in [-0.39, 0.29) is 17.4 Å². The molecule has 3 rings (SSSR count). The van der Waals surface area contributed by atoms with Gasteiger partial charge in [-0.05, 0) is 32.9 Å². The van der Waals surface area contributed by atoms with Crippen molar-refractivity contribution in [2.24, 2.45) is 5.92 Å². The van der Waals surface area contributed by atoms with Gasteiger partial charge < -0.3 is 24.1 Å². The lowest BCUT2D eigenvalue weighted by molar-refractivity contribution is -0.384. The molecule has 1 aromatic carbocycles. The monoisotopic (exact) mass is 367 g/mol. The molecular weight excluding hydrogens is 346 g/mol. The number of non-ortho nitro benzene ring substituents is 1. The van der Waals surface area contributed by atoms with Crippen LogP contribution in [0.1, 0.15) is 27.7 Å². The molecule has 5 atom stereocenters. The molecule has 0 bridgehead atoms. The van der Waals surface area contributed by atoms with Gasteiger partial charge in [0, 0.05) is 18.1 Å². The summed E-state index contributed by atoms with van der Waals surface area (Å²) in [5.41, 5.74) is -0.144. The van der Waals surface area contributed by atoms with Crippen LogP contribution in [0.4, 0.5) is 5.69 Å². The van der Waals surface area contributed by atoms with E-state index in [2.05, 4.69) is 0 Å². The van der Waals surface area contributed by atoms with Crippen molar-refractivity contribution < 1.29 is 33.8 Å². The van der Waals surface area contributed by atoms with E-state index < -0.39 is 40.8 Å². The second-order valence-electron chi connectivity index (χ2n) is 7.04. The quantitative estimate of drug-likeness (QED) is 0.372. The zero-order valence-corrected chi connectivity index (χ0v) is 14.9. The number of esters is 1. The molecule has 1 aromatic rings. The number of nitrogens with zero attached hydrogens (tertiary/aromatic N) is 1. The van der Waals surface area contributed by atoms with Crippen LogP contribution < -0.4 is 4.74 Å². The molecule has 26 heavy (non-hydrogen) atoms. The van der Waals surface area contributed by atoms with E-state index in [1.54, 1.807) is 20.8 Å². The first-order valence-electron chi connectivity index (χ1n) is 8.26. The number of rotatable bonds is 3. The van der Waals surface area contributed by atoms with Crippen LogP contribution in [-0.4, -0.2) is 45.9 Å². The highest BCUT2D eigenvalue weighted by Crippen LogP contribution is 2.44. The van der Waals surface area contributed by atoms with Crippen LogP contribution in [0.2, 0.25) is 0 Å². The van der Waals surface area contributed by atoms with Gasteiger partial charge in [0.25, 0.3) is 11.5 Å². The molecule has 0 amide bonds. The molecule has 2 aliphatic heterocycles. The summed E-state index contributed by atoms with van der Waals surface area (Å²) in [4.78, 5) is 22.8. The lowest BCUT2D eigenvalue weighted by Crippen LogP contribution is -2.64. The Hall–Kier alpha value is -2.07. The lowest BCUT2D eigenvalue weighted by Gasteiger charge is -2.43. The highest BCUT2D eigenvalue weighted by atomic mass is 16.8. The molecule has 2 unspecified atom stereocenters. The normalized spacial score (nSPS) is 35.6. The summed E-state index contributed by atoms with van der Waals surface area (Å²) in [5.74, 6) is -4.49. The van der Waals surface area contributed by atoms with Gasteiger partial charge in [0.15, 0.2) is 11.9 Å². The summed E-state index contributed by atoms with van der Waals surface area (Å²) < 4.78 is 22.3. The van der Waals surface area contributed by atoms with Crippen molar-refractivity contribution in [3.05, 3.63) is 34.4 Å². The maximum absolute atomic E-state index is 12.6. The summed E-state index contributed by atoms with van der Waals surface area (Å²) in [6.07, 6.45) is -2.10. The molecule has 9 nitrogen and oxygen atoms in total. The molecule has 0 saturated carbocycles. The Labute approximate surface area is 149 Å². The van der Waals surface area contributed by atoms with Gasteiger partial charge in [-0.15, -0.1) is 0 Å². The fraction of sp³-hybridized carbons (Fsp3) is 0.588. The van der Waals surface area contributed by atoms with Crippen molar-refractivity contribution in [3.63, 3.8) is 0 Å². The van der Waals surface area contributed by atoms with E-state index in [1.807, 2.05) is 6.92 Å². The Kier molecular flexibility index (Phi) is 4.51. The molecule has 0 aliphatic carbocycles. The SMILES string of the molecule is CC1[C@H]2OC(C)(C)O[C@H]2C(O)(C(=O)Oc2ccc([N+](=O)[O-])cc2)O[C@@H]1C. The molecule has 2 saturated heterocycles. The van der Waals surface area contributed by atoms with Crippen molar-refractivity contribution in [2.45, 2.75) is 57.6 Å². The fourth-order valence-electron chi connectivity index (χ4n) is 3.18. The Morgan fingerprint density at radius 3 is 2.38 bits per heavy atom. The van der Waals surface area contributed by atoms with Gasteiger partial charge in [-0.25, -0.2) is 4.79 Å². The second kappa shape index (κ2) is 6.27. The van der Waals surface area contributed by atoms with Gasteiger partial charge in [0.2, 0.25) is 0 Å². The van der Waals surface area contributed by atoms with Crippen LogP contribution in [0.25, 0.3) is 0 Å². The van der Waals surface area contributed by atoms with Gasteiger partial charge in [0.1, 0.15) is 5.75 Å². The summed E-state index contributed by atoms with van der Waals surface area (Å²) >= 11 is 0. The highest BCUT2D eigenvalue weighted by molar-refractivity contribution is 5.81. The van der Waals surface area contributed by atoms with Crippen molar-refractivity contribution in [3.8, 4) is 5.75 Å². The average molecular weight is 367 g/mol. The number of hydrogen-bond donors (Lipinski definition) is 1. The summed E-state index contributed by atoms with van der Waals surface area (Å²) in [5, 5.41) is 21.6. The Bertz CT molecular complexity index is 718. The first-order chi connectivity index (χ1) is 12.0. The van der Waals surface area contributed by atoms with Gasteiger partial charge in [0.05, 0.1) is 17.1 Å². The predicted octanol–water partition coefficient (Wildman–Crippen LogP) is 1.76. The second-order valence-corrected chi connectivity index (χ2v) is 7.04. The Morgan fingerprint density at radius 1 is 1.19 bits per heavy atom. The van der Waals surface area contributed by atoms with Crippen LogP contribution in [0.5, 0.6) is 5.75 Å². The van der Waals surface area contributed by atoms with Crippen molar-refractivity contribution in [1.82, 2.24) is 0 Å². The molecule has 2 fully saturated rings. The van der Waals surface area contributed by atoms with E-state index in [0.29, 0.717) is 0 Å². The minimum Gasteiger partial charge on any atom is -0.422 e. The molecule has 0 radical (unpaired) electrons. The van der Waals surface area contributed by atoms with E-state index in [0.717, 1.165) is 0 Å². The molecule has 9 heteroatoms. The number of carbonyl (C=O) groups is 1. The standard InChI is InChI=1S/C17H21NO8/c1-9-10(2)24-17(20,14-13(9)25-16(3,4)26-14)15(19)23-12-7-5-11(6-8-12)18(21)22/h5-10,13-14,20H,1-4H3/t9?,10-,13-,14-,17?/m1/s1. The molecule has 142 valence electrons. The third-order valence-corrected chi connectivity index (χ3v) is 4.69. The third-order valence-electron chi connectivity index (χ3n) is 4.69. The number of benzene rings is 1. The van der Waals surface area contributed by atoms with E-state index in [1.165, 1.54) is 24.3 Å². The van der Waals surface area contributed by atoms with E-state index >= 15 is 0 Å².